The standard InChI is InChI=1S/C23H29N3O5/c1-2-3-14-31-20-10-8-17(9-11-20)22(29)26-16-21(28)24-12-5-13-25-23(30)18-6-4-7-19(27)15-18/h4,6-11,15,27H,2-3,5,12-14,16H2,1H3,(H,24,28)(H,25,30)(H,26,29). The molecule has 3 amide bonds. The molecule has 0 aliphatic heterocycles. The van der Waals surface area contributed by atoms with Crippen molar-refractivity contribution in [2.24, 2.45) is 0 Å². The van der Waals surface area contributed by atoms with Crippen molar-refractivity contribution >= 4 is 17.7 Å². The molecule has 0 aliphatic carbocycles. The number of nitrogens with one attached hydrogen (secondary N) is 3. The molecule has 0 fully saturated rings. The summed E-state index contributed by atoms with van der Waals surface area (Å²) in [5, 5.41) is 17.4. The van der Waals surface area contributed by atoms with E-state index >= 15 is 0 Å². The van der Waals surface area contributed by atoms with Crippen molar-refractivity contribution in [2.75, 3.05) is 26.2 Å². The highest BCUT2D eigenvalue weighted by Crippen LogP contribution is 2.13. The van der Waals surface area contributed by atoms with Gasteiger partial charge >= 0.3 is 0 Å². The number of carbonyl (C=O) groups is 3. The van der Waals surface area contributed by atoms with Crippen molar-refractivity contribution in [3.05, 3.63) is 59.7 Å². The third-order valence-electron chi connectivity index (χ3n) is 4.36. The number of unbranched alkanes of at least 4 members (excludes halogenated alkanes) is 1. The van der Waals surface area contributed by atoms with Gasteiger partial charge in [0, 0.05) is 24.2 Å². The summed E-state index contributed by atoms with van der Waals surface area (Å²) < 4.78 is 5.56. The molecule has 0 aliphatic rings. The molecule has 166 valence electrons. The Morgan fingerprint density at radius 3 is 2.29 bits per heavy atom. The summed E-state index contributed by atoms with van der Waals surface area (Å²) in [5.41, 5.74) is 0.817. The van der Waals surface area contributed by atoms with Crippen LogP contribution in [-0.2, 0) is 4.79 Å². The largest absolute Gasteiger partial charge is 0.508 e. The first-order valence-electron chi connectivity index (χ1n) is 10.3. The van der Waals surface area contributed by atoms with Crippen LogP contribution < -0.4 is 20.7 Å². The molecular weight excluding hydrogens is 398 g/mol. The second-order valence-electron chi connectivity index (χ2n) is 6.92. The molecule has 31 heavy (non-hydrogen) atoms. The normalized spacial score (nSPS) is 10.2. The summed E-state index contributed by atoms with van der Waals surface area (Å²) in [4.78, 5) is 35.9. The average molecular weight is 428 g/mol. The Morgan fingerprint density at radius 1 is 0.871 bits per heavy atom. The first kappa shape index (κ1) is 23.7. The maximum atomic E-state index is 12.1. The van der Waals surface area contributed by atoms with Gasteiger partial charge in [-0.3, -0.25) is 14.4 Å². The van der Waals surface area contributed by atoms with Gasteiger partial charge in [0.2, 0.25) is 5.91 Å². The van der Waals surface area contributed by atoms with E-state index < -0.39 is 0 Å². The lowest BCUT2D eigenvalue weighted by atomic mass is 10.2. The fraction of sp³-hybridized carbons (Fsp3) is 0.348. The van der Waals surface area contributed by atoms with Gasteiger partial charge in [-0.1, -0.05) is 19.4 Å². The average Bonchev–Trinajstić information content (AvgIpc) is 2.77. The van der Waals surface area contributed by atoms with E-state index in [0.717, 1.165) is 12.8 Å². The number of rotatable bonds is 12. The summed E-state index contributed by atoms with van der Waals surface area (Å²) >= 11 is 0. The zero-order valence-electron chi connectivity index (χ0n) is 17.6. The Balaban J connectivity index is 1.60. The van der Waals surface area contributed by atoms with E-state index in [-0.39, 0.29) is 30.0 Å². The summed E-state index contributed by atoms with van der Waals surface area (Å²) in [7, 11) is 0. The third kappa shape index (κ3) is 8.77. The van der Waals surface area contributed by atoms with Crippen LogP contribution in [0.4, 0.5) is 0 Å². The monoisotopic (exact) mass is 427 g/mol. The maximum absolute atomic E-state index is 12.1. The number of aromatic hydroxyl groups is 1. The predicted molar refractivity (Wildman–Crippen MR) is 117 cm³/mol. The number of hydrogen-bond acceptors (Lipinski definition) is 5. The molecule has 0 saturated carbocycles. The number of ether oxygens (including phenoxy) is 1. The van der Waals surface area contributed by atoms with Gasteiger partial charge in [-0.2, -0.15) is 0 Å². The number of phenolic OH excluding ortho intramolecular Hbond substituents is 1. The molecule has 8 heteroatoms. The van der Waals surface area contributed by atoms with Crippen LogP contribution in [0.5, 0.6) is 11.5 Å². The van der Waals surface area contributed by atoms with Crippen molar-refractivity contribution in [3.8, 4) is 11.5 Å². The van der Waals surface area contributed by atoms with E-state index in [1.807, 2.05) is 0 Å². The summed E-state index contributed by atoms with van der Waals surface area (Å²) in [6.07, 6.45) is 2.56. The summed E-state index contributed by atoms with van der Waals surface area (Å²) in [6.45, 7) is 3.32. The zero-order chi connectivity index (χ0) is 22.5. The first-order valence-corrected chi connectivity index (χ1v) is 10.3. The minimum absolute atomic E-state index is 0.0261. The molecular formula is C23H29N3O5. The number of phenols is 1. The lowest BCUT2D eigenvalue weighted by Crippen LogP contribution is -2.38. The van der Waals surface area contributed by atoms with E-state index in [0.29, 0.717) is 43.0 Å². The highest BCUT2D eigenvalue weighted by molar-refractivity contribution is 5.96. The Morgan fingerprint density at radius 2 is 1.58 bits per heavy atom. The smallest absolute Gasteiger partial charge is 0.251 e. The fourth-order valence-electron chi connectivity index (χ4n) is 2.63. The van der Waals surface area contributed by atoms with E-state index in [2.05, 4.69) is 22.9 Å². The van der Waals surface area contributed by atoms with Crippen LogP contribution in [0.15, 0.2) is 48.5 Å². The highest BCUT2D eigenvalue weighted by Gasteiger charge is 2.09. The minimum Gasteiger partial charge on any atom is -0.508 e. The van der Waals surface area contributed by atoms with Crippen LogP contribution in [0.3, 0.4) is 0 Å². The van der Waals surface area contributed by atoms with Crippen LogP contribution >= 0.6 is 0 Å². The van der Waals surface area contributed by atoms with Crippen molar-refractivity contribution in [1.29, 1.82) is 0 Å². The van der Waals surface area contributed by atoms with Gasteiger partial charge in [0.25, 0.3) is 11.8 Å². The van der Waals surface area contributed by atoms with Crippen LogP contribution in [0.1, 0.15) is 46.9 Å². The van der Waals surface area contributed by atoms with Gasteiger partial charge in [0.05, 0.1) is 13.2 Å². The van der Waals surface area contributed by atoms with E-state index in [4.69, 9.17) is 4.74 Å². The lowest BCUT2D eigenvalue weighted by Gasteiger charge is -2.09. The Bertz CT molecular complexity index is 868. The first-order chi connectivity index (χ1) is 15.0. The number of hydrogen-bond donors (Lipinski definition) is 4. The Labute approximate surface area is 182 Å². The van der Waals surface area contributed by atoms with Gasteiger partial charge in [-0.15, -0.1) is 0 Å². The third-order valence-corrected chi connectivity index (χ3v) is 4.36. The topological polar surface area (TPSA) is 117 Å². The van der Waals surface area contributed by atoms with Gasteiger partial charge in [0.1, 0.15) is 11.5 Å². The van der Waals surface area contributed by atoms with Gasteiger partial charge < -0.3 is 25.8 Å². The second-order valence-corrected chi connectivity index (χ2v) is 6.92. The molecule has 0 radical (unpaired) electrons. The minimum atomic E-state index is -0.339. The van der Waals surface area contributed by atoms with Gasteiger partial charge in [0.15, 0.2) is 0 Å². The molecule has 2 rings (SSSR count). The van der Waals surface area contributed by atoms with E-state index in [1.54, 1.807) is 36.4 Å². The molecule has 0 atom stereocenters. The molecule has 2 aromatic carbocycles. The molecule has 8 nitrogen and oxygen atoms in total. The Kier molecular flexibility index (Phi) is 9.87. The molecule has 0 saturated heterocycles. The van der Waals surface area contributed by atoms with Crippen molar-refractivity contribution in [2.45, 2.75) is 26.2 Å². The number of amides is 3. The molecule has 0 spiro atoms. The molecule has 4 N–H and O–H groups in total. The van der Waals surface area contributed by atoms with Crippen molar-refractivity contribution < 1.29 is 24.2 Å². The zero-order valence-corrected chi connectivity index (χ0v) is 17.6. The van der Waals surface area contributed by atoms with Crippen LogP contribution in [0.25, 0.3) is 0 Å². The number of benzene rings is 2. The van der Waals surface area contributed by atoms with E-state index in [1.165, 1.54) is 12.1 Å². The Hall–Kier alpha value is -3.55. The highest BCUT2D eigenvalue weighted by atomic mass is 16.5. The van der Waals surface area contributed by atoms with Gasteiger partial charge in [-0.05, 0) is 55.3 Å². The van der Waals surface area contributed by atoms with E-state index in [9.17, 15) is 19.5 Å². The van der Waals surface area contributed by atoms with Gasteiger partial charge in [-0.25, -0.2) is 0 Å². The SMILES string of the molecule is CCCCOc1ccc(C(=O)NCC(=O)NCCCNC(=O)c2cccc(O)c2)cc1. The van der Waals surface area contributed by atoms with Crippen LogP contribution in [0.2, 0.25) is 0 Å². The summed E-state index contributed by atoms with van der Waals surface area (Å²) in [6, 6.07) is 12.8. The van der Waals surface area contributed by atoms with Crippen LogP contribution in [0, 0.1) is 0 Å². The number of carbonyl (C=O) groups excluding carboxylic acids is 3. The van der Waals surface area contributed by atoms with Crippen molar-refractivity contribution in [1.82, 2.24) is 16.0 Å². The molecule has 0 heterocycles. The maximum Gasteiger partial charge on any atom is 0.251 e. The molecule has 0 aromatic heterocycles. The summed E-state index contributed by atoms with van der Waals surface area (Å²) in [5.74, 6) is -0.214. The fourth-order valence-corrected chi connectivity index (χ4v) is 2.63. The predicted octanol–water partition coefficient (Wildman–Crippen LogP) is 2.24. The molecule has 2 aromatic rings. The van der Waals surface area contributed by atoms with Crippen LogP contribution in [-0.4, -0.2) is 49.1 Å². The molecule has 0 unspecified atom stereocenters. The second kappa shape index (κ2) is 12.9. The quantitative estimate of drug-likeness (QED) is 0.388. The van der Waals surface area contributed by atoms with Crippen molar-refractivity contribution in [3.63, 3.8) is 0 Å². The lowest BCUT2D eigenvalue weighted by molar-refractivity contribution is -0.120. The molecule has 0 bridgehead atoms.